The summed E-state index contributed by atoms with van der Waals surface area (Å²) < 4.78 is 0. The molecule has 0 amide bonds. The van der Waals surface area contributed by atoms with Crippen LogP contribution in [0, 0.1) is 0 Å². The van der Waals surface area contributed by atoms with Gasteiger partial charge in [0.05, 0.1) is 0 Å². The van der Waals surface area contributed by atoms with Crippen molar-refractivity contribution in [2.24, 2.45) is 0 Å². The van der Waals surface area contributed by atoms with Crippen molar-refractivity contribution < 1.29 is 0 Å². The van der Waals surface area contributed by atoms with Gasteiger partial charge in [0.2, 0.25) is 0 Å². The van der Waals surface area contributed by atoms with Crippen molar-refractivity contribution in [3.05, 3.63) is 66.1 Å². The molecule has 3 rings (SSSR count). The number of fused-ring (bicyclic) bond motifs is 1. The Morgan fingerprint density at radius 3 is 2.85 bits per heavy atom. The number of nitrogens with zero attached hydrogens (tertiary/aromatic N) is 1. The van der Waals surface area contributed by atoms with Crippen molar-refractivity contribution in [3.63, 3.8) is 0 Å². The second-order valence-corrected chi connectivity index (χ2v) is 5.02. The van der Waals surface area contributed by atoms with Crippen LogP contribution in [-0.2, 0) is 0 Å². The van der Waals surface area contributed by atoms with Gasteiger partial charge < -0.3 is 10.3 Å². The first-order valence-corrected chi connectivity index (χ1v) is 7.00. The first-order chi connectivity index (χ1) is 9.90. The Bertz CT molecular complexity index is 673. The van der Waals surface area contributed by atoms with Crippen molar-refractivity contribution in [2.45, 2.75) is 12.3 Å². The van der Waals surface area contributed by atoms with Crippen LogP contribution in [0.15, 0.2) is 55.0 Å². The lowest BCUT2D eigenvalue weighted by molar-refractivity contribution is 0.664. The number of aromatic amines is 1. The van der Waals surface area contributed by atoms with Gasteiger partial charge in [-0.3, -0.25) is 4.98 Å². The number of nitrogens with one attached hydrogen (secondary N) is 2. The highest BCUT2D eigenvalue weighted by molar-refractivity contribution is 5.83. The summed E-state index contributed by atoms with van der Waals surface area (Å²) in [5.74, 6) is 0.390. The average molecular weight is 265 g/mol. The molecule has 102 valence electrons. The third-order valence-electron chi connectivity index (χ3n) is 3.78. The Balaban J connectivity index is 2.05. The van der Waals surface area contributed by atoms with Crippen LogP contribution in [0.5, 0.6) is 0 Å². The van der Waals surface area contributed by atoms with E-state index in [0.29, 0.717) is 5.92 Å². The van der Waals surface area contributed by atoms with Gasteiger partial charge >= 0.3 is 0 Å². The number of hydrogen-bond acceptors (Lipinski definition) is 2. The van der Waals surface area contributed by atoms with E-state index >= 15 is 0 Å². The van der Waals surface area contributed by atoms with E-state index in [4.69, 9.17) is 0 Å². The number of aromatic nitrogens is 2. The van der Waals surface area contributed by atoms with Crippen LogP contribution in [0.4, 0.5) is 0 Å². The Kier molecular flexibility index (Phi) is 3.79. The molecule has 2 aromatic heterocycles. The number of benzene rings is 1. The Morgan fingerprint density at radius 2 is 2.05 bits per heavy atom. The van der Waals surface area contributed by atoms with E-state index in [1.807, 2.05) is 25.5 Å². The van der Waals surface area contributed by atoms with Crippen LogP contribution in [-0.4, -0.2) is 23.6 Å². The van der Waals surface area contributed by atoms with E-state index in [9.17, 15) is 0 Å². The molecule has 3 aromatic rings. The zero-order valence-corrected chi connectivity index (χ0v) is 11.6. The number of rotatable bonds is 5. The second kappa shape index (κ2) is 5.88. The van der Waals surface area contributed by atoms with Crippen molar-refractivity contribution in [1.82, 2.24) is 15.3 Å². The monoisotopic (exact) mass is 265 g/mol. The molecular weight excluding hydrogens is 246 g/mol. The maximum Gasteiger partial charge on any atom is 0.0488 e. The van der Waals surface area contributed by atoms with Gasteiger partial charge in [0, 0.05) is 35.4 Å². The van der Waals surface area contributed by atoms with Crippen LogP contribution >= 0.6 is 0 Å². The predicted octanol–water partition coefficient (Wildman–Crippen LogP) is 3.30. The number of H-pyrrole nitrogens is 1. The van der Waals surface area contributed by atoms with Gasteiger partial charge in [0.25, 0.3) is 0 Å². The SMILES string of the molecule is CNCCC(c1ccccc1)c1c[nH]c2ccncc12. The summed E-state index contributed by atoms with van der Waals surface area (Å²) in [4.78, 5) is 7.62. The van der Waals surface area contributed by atoms with Crippen molar-refractivity contribution >= 4 is 10.9 Å². The van der Waals surface area contributed by atoms with Crippen molar-refractivity contribution in [2.75, 3.05) is 13.6 Å². The fourth-order valence-electron chi connectivity index (χ4n) is 2.75. The second-order valence-electron chi connectivity index (χ2n) is 5.02. The predicted molar refractivity (Wildman–Crippen MR) is 82.9 cm³/mol. The van der Waals surface area contributed by atoms with Gasteiger partial charge in [-0.25, -0.2) is 0 Å². The van der Waals surface area contributed by atoms with Crippen LogP contribution in [0.25, 0.3) is 10.9 Å². The largest absolute Gasteiger partial charge is 0.361 e. The van der Waals surface area contributed by atoms with Crippen molar-refractivity contribution in [1.29, 1.82) is 0 Å². The molecular formula is C17H19N3. The highest BCUT2D eigenvalue weighted by atomic mass is 14.8. The summed E-state index contributed by atoms with van der Waals surface area (Å²) in [6.07, 6.45) is 6.98. The minimum absolute atomic E-state index is 0.390. The fourth-order valence-corrected chi connectivity index (χ4v) is 2.75. The molecule has 2 heterocycles. The Labute approximate surface area is 119 Å². The van der Waals surface area contributed by atoms with E-state index in [-0.39, 0.29) is 0 Å². The minimum Gasteiger partial charge on any atom is -0.361 e. The molecule has 1 atom stereocenters. The lowest BCUT2D eigenvalue weighted by atomic mass is 9.88. The molecule has 0 bridgehead atoms. The molecule has 0 aliphatic carbocycles. The lowest BCUT2D eigenvalue weighted by Gasteiger charge is -2.17. The first-order valence-electron chi connectivity index (χ1n) is 7.00. The third-order valence-corrected chi connectivity index (χ3v) is 3.78. The smallest absolute Gasteiger partial charge is 0.0488 e. The molecule has 0 saturated heterocycles. The van der Waals surface area contributed by atoms with E-state index in [0.717, 1.165) is 18.5 Å². The maximum atomic E-state index is 4.27. The summed E-state index contributed by atoms with van der Waals surface area (Å²) in [5.41, 5.74) is 3.84. The van der Waals surface area contributed by atoms with Gasteiger partial charge in [-0.1, -0.05) is 30.3 Å². The average Bonchev–Trinajstić information content (AvgIpc) is 2.93. The standard InChI is InChI=1S/C17H19N3/c1-18-9-7-14(13-5-3-2-4-6-13)15-12-20-17-8-10-19-11-16(15)17/h2-6,8,10-12,14,18,20H,7,9H2,1H3. The molecule has 3 nitrogen and oxygen atoms in total. The topological polar surface area (TPSA) is 40.7 Å². The van der Waals surface area contributed by atoms with E-state index in [1.54, 1.807) is 0 Å². The molecule has 1 aromatic carbocycles. The molecule has 0 fully saturated rings. The molecule has 0 aliphatic rings. The normalized spacial score (nSPS) is 12.7. The first kappa shape index (κ1) is 12.9. The zero-order valence-electron chi connectivity index (χ0n) is 11.6. The summed E-state index contributed by atoms with van der Waals surface area (Å²) in [6.45, 7) is 0.993. The molecule has 20 heavy (non-hydrogen) atoms. The molecule has 0 saturated carbocycles. The van der Waals surface area contributed by atoms with E-state index in [2.05, 4.69) is 51.8 Å². The number of hydrogen-bond donors (Lipinski definition) is 2. The minimum atomic E-state index is 0.390. The fraction of sp³-hybridized carbons (Fsp3) is 0.235. The Morgan fingerprint density at radius 1 is 1.20 bits per heavy atom. The number of pyridine rings is 1. The van der Waals surface area contributed by atoms with Crippen LogP contribution in [0.1, 0.15) is 23.5 Å². The van der Waals surface area contributed by atoms with Gasteiger partial charge in [-0.05, 0) is 37.2 Å². The maximum absolute atomic E-state index is 4.27. The molecule has 0 aliphatic heterocycles. The van der Waals surface area contributed by atoms with Gasteiger partial charge in [0.15, 0.2) is 0 Å². The highest BCUT2D eigenvalue weighted by Gasteiger charge is 2.17. The van der Waals surface area contributed by atoms with Crippen LogP contribution in [0.2, 0.25) is 0 Å². The van der Waals surface area contributed by atoms with Gasteiger partial charge in [0.1, 0.15) is 0 Å². The van der Waals surface area contributed by atoms with Gasteiger partial charge in [-0.2, -0.15) is 0 Å². The van der Waals surface area contributed by atoms with Crippen LogP contribution in [0.3, 0.4) is 0 Å². The van der Waals surface area contributed by atoms with E-state index in [1.165, 1.54) is 16.5 Å². The quantitative estimate of drug-likeness (QED) is 0.743. The van der Waals surface area contributed by atoms with Gasteiger partial charge in [-0.15, -0.1) is 0 Å². The van der Waals surface area contributed by atoms with Crippen LogP contribution < -0.4 is 5.32 Å². The van der Waals surface area contributed by atoms with E-state index < -0.39 is 0 Å². The molecule has 0 spiro atoms. The molecule has 0 radical (unpaired) electrons. The molecule has 2 N–H and O–H groups in total. The Hall–Kier alpha value is -2.13. The summed E-state index contributed by atoms with van der Waals surface area (Å²) in [6, 6.07) is 12.7. The summed E-state index contributed by atoms with van der Waals surface area (Å²) >= 11 is 0. The summed E-state index contributed by atoms with van der Waals surface area (Å²) in [7, 11) is 2.00. The highest BCUT2D eigenvalue weighted by Crippen LogP contribution is 2.32. The lowest BCUT2D eigenvalue weighted by Crippen LogP contribution is -2.13. The zero-order chi connectivity index (χ0) is 13.8. The molecule has 1 unspecified atom stereocenters. The third kappa shape index (κ3) is 2.45. The summed E-state index contributed by atoms with van der Waals surface area (Å²) in [5, 5.41) is 4.47. The van der Waals surface area contributed by atoms with Crippen molar-refractivity contribution in [3.8, 4) is 0 Å². The molecule has 3 heteroatoms.